The van der Waals surface area contributed by atoms with Gasteiger partial charge in [-0.15, -0.1) is 0 Å². The van der Waals surface area contributed by atoms with E-state index >= 15 is 0 Å². The van der Waals surface area contributed by atoms with Crippen molar-refractivity contribution in [3.8, 4) is 0 Å². The van der Waals surface area contributed by atoms with E-state index < -0.39 is 17.2 Å². The fourth-order valence-corrected chi connectivity index (χ4v) is 2.10. The quantitative estimate of drug-likeness (QED) is 0.432. The molecular weight excluding hydrogens is 334 g/mol. The van der Waals surface area contributed by atoms with Gasteiger partial charge in [-0.05, 0) is 51.0 Å². The van der Waals surface area contributed by atoms with Gasteiger partial charge in [0.2, 0.25) is 5.78 Å². The molecule has 1 aromatic carbocycles. The Morgan fingerprint density at radius 1 is 0.960 bits per heavy atom. The molecule has 3 nitrogen and oxygen atoms in total. The van der Waals surface area contributed by atoms with Gasteiger partial charge in [0.25, 0.3) is 5.91 Å². The zero-order valence-corrected chi connectivity index (χ0v) is 15.8. The smallest absolute Gasteiger partial charge is 0.292 e. The minimum absolute atomic E-state index is 0.599. The van der Waals surface area contributed by atoms with Crippen molar-refractivity contribution >= 4 is 23.3 Å². The minimum atomic E-state index is -0.643. The molecule has 1 amide bonds. The average Bonchev–Trinajstić information content (AvgIpc) is 2.61. The van der Waals surface area contributed by atoms with Gasteiger partial charge in [-0.2, -0.15) is 0 Å². The summed E-state index contributed by atoms with van der Waals surface area (Å²) in [4.78, 5) is 24.2. The van der Waals surface area contributed by atoms with Crippen molar-refractivity contribution in [2.45, 2.75) is 33.2 Å². The molecule has 25 heavy (non-hydrogen) atoms. The van der Waals surface area contributed by atoms with Gasteiger partial charge in [-0.3, -0.25) is 9.59 Å². The molecule has 0 aliphatic carbocycles. The van der Waals surface area contributed by atoms with Crippen molar-refractivity contribution in [3.05, 3.63) is 83.0 Å². The van der Waals surface area contributed by atoms with Crippen LogP contribution in [0.15, 0.2) is 77.4 Å². The molecule has 0 aliphatic rings. The molecular formula is C21H24ClNO2. The maximum Gasteiger partial charge on any atom is 0.292 e. The van der Waals surface area contributed by atoms with E-state index in [1.165, 1.54) is 6.08 Å². The second-order valence-corrected chi connectivity index (χ2v) is 6.37. The predicted molar refractivity (Wildman–Crippen MR) is 104 cm³/mol. The van der Waals surface area contributed by atoms with Crippen molar-refractivity contribution in [2.24, 2.45) is 0 Å². The molecule has 0 aliphatic heterocycles. The van der Waals surface area contributed by atoms with Crippen LogP contribution in [-0.2, 0) is 15.1 Å². The van der Waals surface area contributed by atoms with Crippen LogP contribution < -0.4 is 5.32 Å². The molecule has 0 saturated carbocycles. The maximum atomic E-state index is 12.2. The summed E-state index contributed by atoms with van der Waals surface area (Å²) in [5.41, 5.74) is 1.08. The highest BCUT2D eigenvalue weighted by molar-refractivity contribution is 6.40. The number of carbonyl (C=O) groups is 2. The van der Waals surface area contributed by atoms with Gasteiger partial charge in [-0.1, -0.05) is 66.2 Å². The molecule has 0 spiro atoms. The predicted octanol–water partition coefficient (Wildman–Crippen LogP) is 4.81. The van der Waals surface area contributed by atoms with Crippen LogP contribution in [0.1, 0.15) is 33.3 Å². The molecule has 4 heteroatoms. The lowest BCUT2D eigenvalue weighted by Gasteiger charge is -2.26. The number of ketones is 1. The molecule has 1 aromatic rings. The third-order valence-electron chi connectivity index (χ3n) is 3.62. The second kappa shape index (κ2) is 9.80. The lowest BCUT2D eigenvalue weighted by molar-refractivity contribution is -0.136. The second-order valence-electron chi connectivity index (χ2n) is 5.94. The first-order valence-electron chi connectivity index (χ1n) is 8.06. The number of allylic oxidation sites excluding steroid dienone is 7. The van der Waals surface area contributed by atoms with Crippen molar-refractivity contribution in [1.29, 1.82) is 0 Å². The standard InChI is InChI=1S/C21H24ClNO2/c1-5-16(12-14-18(22)6-2)13-15-19(24)20(25)23-21(3,4)17-10-8-7-9-11-17/h5-15H,1-4H3,(H,23,25)/b14-12+,15-13+,16-5+,18-6+. The Morgan fingerprint density at radius 3 is 2.12 bits per heavy atom. The minimum Gasteiger partial charge on any atom is -0.340 e. The molecule has 0 saturated heterocycles. The molecule has 0 radical (unpaired) electrons. The molecule has 0 fully saturated rings. The van der Waals surface area contributed by atoms with Crippen LogP contribution in [0.25, 0.3) is 0 Å². The molecule has 0 bridgehead atoms. The van der Waals surface area contributed by atoms with E-state index in [4.69, 9.17) is 11.6 Å². The van der Waals surface area contributed by atoms with Crippen LogP contribution in [0.4, 0.5) is 0 Å². The van der Waals surface area contributed by atoms with Gasteiger partial charge >= 0.3 is 0 Å². The van der Waals surface area contributed by atoms with Crippen molar-refractivity contribution in [2.75, 3.05) is 0 Å². The van der Waals surface area contributed by atoms with Gasteiger partial charge in [0.15, 0.2) is 0 Å². The fourth-order valence-electron chi connectivity index (χ4n) is 2.04. The number of amides is 1. The Morgan fingerprint density at radius 2 is 1.56 bits per heavy atom. The van der Waals surface area contributed by atoms with Crippen LogP contribution >= 0.6 is 11.6 Å². The van der Waals surface area contributed by atoms with E-state index in [1.54, 1.807) is 24.3 Å². The van der Waals surface area contributed by atoms with E-state index in [-0.39, 0.29) is 0 Å². The Hall–Kier alpha value is -2.39. The highest BCUT2D eigenvalue weighted by atomic mass is 35.5. The average molecular weight is 358 g/mol. The zero-order valence-electron chi connectivity index (χ0n) is 15.0. The van der Waals surface area contributed by atoms with Crippen LogP contribution in [-0.4, -0.2) is 11.7 Å². The lowest BCUT2D eigenvalue weighted by atomic mass is 9.94. The number of nitrogens with one attached hydrogen (secondary N) is 1. The summed E-state index contributed by atoms with van der Waals surface area (Å²) in [6.07, 6.45) is 9.95. The summed E-state index contributed by atoms with van der Waals surface area (Å²) in [5, 5.41) is 3.36. The summed E-state index contributed by atoms with van der Waals surface area (Å²) in [6.45, 7) is 7.39. The molecule has 0 atom stereocenters. The Labute approximate surface area is 154 Å². The van der Waals surface area contributed by atoms with Crippen LogP contribution in [0.5, 0.6) is 0 Å². The Balaban J connectivity index is 2.76. The maximum absolute atomic E-state index is 12.2. The summed E-state index contributed by atoms with van der Waals surface area (Å²) in [7, 11) is 0. The summed E-state index contributed by atoms with van der Waals surface area (Å²) >= 11 is 5.90. The molecule has 1 rings (SSSR count). The van der Waals surface area contributed by atoms with Crippen molar-refractivity contribution < 1.29 is 9.59 Å². The van der Waals surface area contributed by atoms with Crippen LogP contribution in [0.2, 0.25) is 0 Å². The summed E-state index contributed by atoms with van der Waals surface area (Å²) in [6, 6.07) is 9.51. The molecule has 1 N–H and O–H groups in total. The third kappa shape index (κ3) is 6.94. The SMILES string of the molecule is C/C=C(/C=C/C(=O)C(=O)NC(C)(C)c1ccccc1)\C=C\C(Cl)=C/C. The van der Waals surface area contributed by atoms with Gasteiger partial charge in [-0.25, -0.2) is 0 Å². The normalized spacial score (nSPS) is 13.5. The number of hydrogen-bond donors (Lipinski definition) is 1. The Bertz CT molecular complexity index is 726. The first-order valence-corrected chi connectivity index (χ1v) is 8.44. The lowest BCUT2D eigenvalue weighted by Crippen LogP contribution is -2.43. The van der Waals surface area contributed by atoms with Gasteiger partial charge in [0, 0.05) is 5.03 Å². The molecule has 132 valence electrons. The highest BCUT2D eigenvalue weighted by Gasteiger charge is 2.24. The summed E-state index contributed by atoms with van der Waals surface area (Å²) < 4.78 is 0. The third-order valence-corrected chi connectivity index (χ3v) is 3.96. The van der Waals surface area contributed by atoms with Crippen molar-refractivity contribution in [3.63, 3.8) is 0 Å². The number of halogens is 1. The molecule has 0 unspecified atom stereocenters. The fraction of sp³-hybridized carbons (Fsp3) is 0.238. The molecule has 0 aromatic heterocycles. The van der Waals surface area contributed by atoms with E-state index in [1.807, 2.05) is 64.1 Å². The van der Waals surface area contributed by atoms with Crippen molar-refractivity contribution in [1.82, 2.24) is 5.32 Å². The van der Waals surface area contributed by atoms with Crippen LogP contribution in [0, 0.1) is 0 Å². The summed E-state index contributed by atoms with van der Waals surface area (Å²) in [5.74, 6) is -1.25. The van der Waals surface area contributed by atoms with E-state index in [0.717, 1.165) is 11.1 Å². The van der Waals surface area contributed by atoms with E-state index in [2.05, 4.69) is 5.32 Å². The Kier molecular flexibility index (Phi) is 8.09. The topological polar surface area (TPSA) is 46.2 Å². The first-order chi connectivity index (χ1) is 11.8. The number of carbonyl (C=O) groups excluding carboxylic acids is 2. The number of rotatable bonds is 7. The van der Waals surface area contributed by atoms with E-state index in [0.29, 0.717) is 5.03 Å². The largest absolute Gasteiger partial charge is 0.340 e. The first kappa shape index (κ1) is 20.7. The van der Waals surface area contributed by atoms with E-state index in [9.17, 15) is 9.59 Å². The van der Waals surface area contributed by atoms with Crippen LogP contribution in [0.3, 0.4) is 0 Å². The van der Waals surface area contributed by atoms with Gasteiger partial charge in [0.1, 0.15) is 0 Å². The highest BCUT2D eigenvalue weighted by Crippen LogP contribution is 2.19. The van der Waals surface area contributed by atoms with Gasteiger partial charge < -0.3 is 5.32 Å². The molecule has 0 heterocycles. The monoisotopic (exact) mass is 357 g/mol. The zero-order chi connectivity index (χ0) is 18.9. The van der Waals surface area contributed by atoms with Gasteiger partial charge in [0.05, 0.1) is 5.54 Å². The number of hydrogen-bond acceptors (Lipinski definition) is 2. The number of benzene rings is 1.